The predicted octanol–water partition coefficient (Wildman–Crippen LogP) is 3.32. The third kappa shape index (κ3) is 15.7. The largest absolute Gasteiger partial charge is 0.377 e. The summed E-state index contributed by atoms with van der Waals surface area (Å²) in [5.74, 6) is 3.09. The van der Waals surface area contributed by atoms with Crippen molar-refractivity contribution in [1.29, 1.82) is 0 Å². The number of carbonyl (C=O) groups is 3. The summed E-state index contributed by atoms with van der Waals surface area (Å²) in [6, 6.07) is 6.74. The van der Waals surface area contributed by atoms with Gasteiger partial charge in [-0.3, -0.25) is 24.4 Å². The van der Waals surface area contributed by atoms with Gasteiger partial charge in [0.25, 0.3) is 11.8 Å². The molecule has 0 aromatic carbocycles. The lowest BCUT2D eigenvalue weighted by Crippen LogP contribution is -2.45. The summed E-state index contributed by atoms with van der Waals surface area (Å²) < 4.78 is 16.3. The molecule has 2 aromatic heterocycles. The summed E-state index contributed by atoms with van der Waals surface area (Å²) >= 11 is 13.5. The Morgan fingerprint density at radius 2 is 1.09 bits per heavy atom. The van der Waals surface area contributed by atoms with Gasteiger partial charge in [0.05, 0.1) is 74.9 Å². The van der Waals surface area contributed by atoms with Gasteiger partial charge in [-0.15, -0.1) is 0 Å². The van der Waals surface area contributed by atoms with Crippen molar-refractivity contribution in [1.82, 2.24) is 25.9 Å². The van der Waals surface area contributed by atoms with Crippen molar-refractivity contribution in [2.45, 2.75) is 21.3 Å². The van der Waals surface area contributed by atoms with E-state index in [1.807, 2.05) is 0 Å². The van der Waals surface area contributed by atoms with Crippen LogP contribution in [-0.4, -0.2) is 93.5 Å². The Morgan fingerprint density at radius 3 is 1.50 bits per heavy atom. The zero-order valence-electron chi connectivity index (χ0n) is 25.1. The highest BCUT2D eigenvalue weighted by Crippen LogP contribution is 2.13. The van der Waals surface area contributed by atoms with E-state index in [2.05, 4.69) is 100.0 Å². The van der Waals surface area contributed by atoms with Crippen LogP contribution in [-0.2, 0) is 40.3 Å². The summed E-state index contributed by atoms with van der Waals surface area (Å²) in [4.78, 5) is 48.1. The Morgan fingerprint density at radius 1 is 0.674 bits per heavy atom. The molecular formula is C28H38Br4N8O6. The topological polar surface area (TPSA) is 192 Å². The lowest BCUT2D eigenvalue weighted by atomic mass is 10.1. The lowest BCUT2D eigenvalue weighted by molar-refractivity contribution is -0.124. The number of ether oxygens (including phenoxy) is 3. The minimum atomic E-state index is -0.760. The van der Waals surface area contributed by atoms with Crippen molar-refractivity contribution in [2.75, 3.05) is 65.8 Å². The molecule has 0 aliphatic carbocycles. The lowest BCUT2D eigenvalue weighted by Gasteiger charge is -2.19. The maximum Gasteiger partial charge on any atom is 0.251 e. The zero-order chi connectivity index (χ0) is 33.6. The van der Waals surface area contributed by atoms with E-state index in [1.54, 1.807) is 24.3 Å². The smallest absolute Gasteiger partial charge is 0.251 e. The molecule has 2 rings (SSSR count). The van der Waals surface area contributed by atoms with Gasteiger partial charge in [-0.05, 0) is 24.3 Å². The molecule has 0 atom stereocenters. The molecule has 2 aromatic rings. The third-order valence-electron chi connectivity index (χ3n) is 6.03. The number of nitrogens with two attached hydrogens (primary N) is 1. The number of hydrogen-bond donors (Lipinski definition) is 4. The number of pyridine rings is 2. The van der Waals surface area contributed by atoms with Crippen LogP contribution >= 0.6 is 63.7 Å². The second kappa shape index (κ2) is 24.1. The zero-order valence-corrected chi connectivity index (χ0v) is 31.5. The summed E-state index contributed by atoms with van der Waals surface area (Å²) in [6.07, 6.45) is 0. The van der Waals surface area contributed by atoms with Crippen molar-refractivity contribution in [2.24, 2.45) is 22.1 Å². The summed E-state index contributed by atoms with van der Waals surface area (Å²) in [5.41, 5.74) is 3.66. The Balaban J connectivity index is 1.92. The van der Waals surface area contributed by atoms with Crippen molar-refractivity contribution < 1.29 is 28.6 Å². The predicted molar refractivity (Wildman–Crippen MR) is 187 cm³/mol. The van der Waals surface area contributed by atoms with E-state index in [0.29, 0.717) is 94.8 Å². The molecule has 0 unspecified atom stereocenters. The minimum absolute atomic E-state index is 0.0118. The number of nitrogens with one attached hydrogen (secondary N) is 3. The first-order valence-electron chi connectivity index (χ1n) is 14.2. The van der Waals surface area contributed by atoms with Crippen molar-refractivity contribution in [3.05, 3.63) is 58.2 Å². The normalized spacial score (nSPS) is 11.2. The SMILES string of the molecule is NN=NCCOCCOCCOCCNC(=O)C(CNC(=O)c1cc(CBr)nc(CBr)c1)CNC(=O)c1cc(CBr)nc(CBr)c1. The maximum absolute atomic E-state index is 13.2. The molecule has 0 radical (unpaired) electrons. The van der Waals surface area contributed by atoms with E-state index in [9.17, 15) is 14.4 Å². The van der Waals surface area contributed by atoms with Gasteiger partial charge in [-0.2, -0.15) is 5.11 Å². The molecule has 0 aliphatic rings. The highest BCUT2D eigenvalue weighted by molar-refractivity contribution is 9.09. The van der Waals surface area contributed by atoms with Crippen LogP contribution in [0.25, 0.3) is 0 Å². The van der Waals surface area contributed by atoms with E-state index in [1.165, 1.54) is 0 Å². The first-order chi connectivity index (χ1) is 22.3. The highest BCUT2D eigenvalue weighted by atomic mass is 79.9. The Labute approximate surface area is 301 Å². The fourth-order valence-electron chi connectivity index (χ4n) is 3.82. The van der Waals surface area contributed by atoms with E-state index in [-0.39, 0.29) is 44.0 Å². The van der Waals surface area contributed by atoms with E-state index < -0.39 is 5.92 Å². The van der Waals surface area contributed by atoms with Crippen LogP contribution in [0.3, 0.4) is 0 Å². The number of hydrogen-bond acceptors (Lipinski definition) is 10. The van der Waals surface area contributed by atoms with Gasteiger partial charge in [0.2, 0.25) is 5.91 Å². The number of nitrogens with zero attached hydrogens (tertiary/aromatic N) is 4. The Hall–Kier alpha value is -2.09. The molecule has 14 nitrogen and oxygen atoms in total. The molecule has 254 valence electrons. The van der Waals surface area contributed by atoms with Crippen LogP contribution in [0.15, 0.2) is 34.6 Å². The number of carbonyl (C=O) groups excluding carboxylic acids is 3. The highest BCUT2D eigenvalue weighted by Gasteiger charge is 2.22. The molecule has 0 saturated carbocycles. The molecule has 2 heterocycles. The van der Waals surface area contributed by atoms with Crippen LogP contribution in [0.5, 0.6) is 0 Å². The average Bonchev–Trinajstić information content (AvgIpc) is 3.09. The maximum atomic E-state index is 13.2. The number of amides is 3. The van der Waals surface area contributed by atoms with Gasteiger partial charge in [-0.25, -0.2) is 0 Å². The van der Waals surface area contributed by atoms with Gasteiger partial charge in [0.15, 0.2) is 0 Å². The van der Waals surface area contributed by atoms with Crippen LogP contribution in [0.2, 0.25) is 0 Å². The number of halogens is 4. The van der Waals surface area contributed by atoms with E-state index in [0.717, 1.165) is 0 Å². The van der Waals surface area contributed by atoms with Crippen LogP contribution in [0.4, 0.5) is 0 Å². The number of aromatic nitrogens is 2. The van der Waals surface area contributed by atoms with Crippen LogP contribution in [0, 0.1) is 5.92 Å². The molecule has 5 N–H and O–H groups in total. The first-order valence-corrected chi connectivity index (χ1v) is 18.7. The second-order valence-corrected chi connectivity index (χ2v) is 11.7. The molecule has 0 saturated heterocycles. The van der Waals surface area contributed by atoms with E-state index in [4.69, 9.17) is 20.1 Å². The monoisotopic (exact) mass is 898 g/mol. The Kier molecular flexibility index (Phi) is 21.0. The fraction of sp³-hybridized carbons (Fsp3) is 0.536. The minimum Gasteiger partial charge on any atom is -0.377 e. The molecule has 0 fully saturated rings. The third-order valence-corrected chi connectivity index (χ3v) is 8.33. The molecule has 3 amide bonds. The standard InChI is InChI=1S/C28H38Br4N8O6/c29-13-22-9-19(10-23(14-30)38-22)26(41)35-17-21(18-36-27(42)20-11-24(15-31)39-25(12-20)16-32)28(43)34-1-3-44-5-7-46-8-6-45-4-2-37-40-33/h9-12,21H,1-8,13-18H2,(H2,33,37)(H,34,43)(H,35,41)(H,36,42). The van der Waals surface area contributed by atoms with Crippen molar-refractivity contribution >= 4 is 81.4 Å². The van der Waals surface area contributed by atoms with Crippen LogP contribution in [0.1, 0.15) is 43.5 Å². The van der Waals surface area contributed by atoms with Crippen LogP contribution < -0.4 is 21.8 Å². The molecule has 46 heavy (non-hydrogen) atoms. The quantitative estimate of drug-likeness (QED) is 0.0426. The molecular weight excluding hydrogens is 864 g/mol. The van der Waals surface area contributed by atoms with Gasteiger partial charge < -0.3 is 36.0 Å². The number of rotatable bonds is 23. The second-order valence-electron chi connectivity index (χ2n) is 9.44. The molecule has 0 bridgehead atoms. The van der Waals surface area contributed by atoms with Crippen molar-refractivity contribution in [3.63, 3.8) is 0 Å². The fourth-order valence-corrected chi connectivity index (χ4v) is 4.97. The molecule has 0 spiro atoms. The van der Waals surface area contributed by atoms with Gasteiger partial charge in [0, 0.05) is 52.1 Å². The number of alkyl halides is 4. The van der Waals surface area contributed by atoms with Crippen molar-refractivity contribution in [3.8, 4) is 0 Å². The summed E-state index contributed by atoms with van der Waals surface area (Å²) in [6.45, 7) is 2.79. The Bertz CT molecular complexity index is 1160. The van der Waals surface area contributed by atoms with E-state index >= 15 is 0 Å². The van der Waals surface area contributed by atoms with Gasteiger partial charge in [0.1, 0.15) is 0 Å². The molecule has 18 heteroatoms. The van der Waals surface area contributed by atoms with Gasteiger partial charge in [-0.1, -0.05) is 68.9 Å². The molecule has 0 aliphatic heterocycles. The van der Waals surface area contributed by atoms with Gasteiger partial charge >= 0.3 is 0 Å². The average molecular weight is 902 g/mol. The summed E-state index contributed by atoms with van der Waals surface area (Å²) in [7, 11) is 0. The first kappa shape index (κ1) is 40.1. The summed E-state index contributed by atoms with van der Waals surface area (Å²) in [5, 5.41) is 17.2.